The fourth-order valence-electron chi connectivity index (χ4n) is 2.04. The smallest absolute Gasteiger partial charge is 0.286 e. The average Bonchev–Trinajstić information content (AvgIpc) is 2.91. The minimum Gasteiger partial charge on any atom is -0.508 e. The third-order valence-corrected chi connectivity index (χ3v) is 4.60. The van der Waals surface area contributed by atoms with Gasteiger partial charge in [0.25, 0.3) is 5.91 Å². The lowest BCUT2D eigenvalue weighted by Crippen LogP contribution is -2.13. The predicted molar refractivity (Wildman–Crippen MR) is 88.9 cm³/mol. The van der Waals surface area contributed by atoms with Gasteiger partial charge in [0.05, 0.1) is 0 Å². The minimum absolute atomic E-state index is 0.172. The number of nitrogens with zero attached hydrogens (tertiary/aromatic N) is 2. The quantitative estimate of drug-likeness (QED) is 0.834. The van der Waals surface area contributed by atoms with Crippen molar-refractivity contribution in [3.05, 3.63) is 33.3 Å². The van der Waals surface area contributed by atoms with E-state index >= 15 is 0 Å². The molecule has 2 N–H and O–H groups in total. The number of hydrogen-bond donors (Lipinski definition) is 2. The lowest BCUT2D eigenvalue weighted by Gasteiger charge is -2.13. The molecule has 1 aromatic heterocycles. The molecule has 2 aromatic rings. The van der Waals surface area contributed by atoms with E-state index in [1.807, 2.05) is 40.7 Å². The van der Waals surface area contributed by atoms with Crippen LogP contribution in [0.3, 0.4) is 0 Å². The third kappa shape index (κ3) is 3.44. The SMILES string of the molecule is Cc1cc(O)c(C(C)C)cc1NC(=O)c1nnc(C(C)C)s1. The number of hydrogen-bond acceptors (Lipinski definition) is 5. The maximum Gasteiger partial charge on any atom is 0.286 e. The van der Waals surface area contributed by atoms with E-state index in [2.05, 4.69) is 15.5 Å². The predicted octanol–water partition coefficient (Wildman–Crippen LogP) is 4.05. The molecule has 1 heterocycles. The Hall–Kier alpha value is -1.95. The number of benzene rings is 1. The molecule has 5 nitrogen and oxygen atoms in total. The van der Waals surface area contributed by atoms with Gasteiger partial charge in [0, 0.05) is 11.6 Å². The highest BCUT2D eigenvalue weighted by atomic mass is 32.1. The molecule has 1 aromatic carbocycles. The Bertz CT molecular complexity index is 693. The van der Waals surface area contributed by atoms with Crippen LogP contribution < -0.4 is 5.32 Å². The first kappa shape index (κ1) is 16.4. The van der Waals surface area contributed by atoms with E-state index in [-0.39, 0.29) is 23.5 Å². The molecule has 0 unspecified atom stereocenters. The summed E-state index contributed by atoms with van der Waals surface area (Å²) in [7, 11) is 0. The Morgan fingerprint density at radius 3 is 2.41 bits per heavy atom. The number of carbonyl (C=O) groups excluding carboxylic acids is 1. The molecule has 6 heteroatoms. The maximum absolute atomic E-state index is 12.3. The van der Waals surface area contributed by atoms with E-state index in [0.717, 1.165) is 16.1 Å². The van der Waals surface area contributed by atoms with Crippen molar-refractivity contribution in [1.29, 1.82) is 0 Å². The van der Waals surface area contributed by atoms with E-state index in [4.69, 9.17) is 0 Å². The number of rotatable bonds is 4. The van der Waals surface area contributed by atoms with Crippen LogP contribution in [0.4, 0.5) is 5.69 Å². The Morgan fingerprint density at radius 1 is 1.18 bits per heavy atom. The highest BCUT2D eigenvalue weighted by Gasteiger charge is 2.17. The summed E-state index contributed by atoms with van der Waals surface area (Å²) in [6.45, 7) is 9.87. The fourth-order valence-corrected chi connectivity index (χ4v) is 2.78. The molecule has 0 saturated carbocycles. The van der Waals surface area contributed by atoms with Gasteiger partial charge in [-0.05, 0) is 36.1 Å². The zero-order valence-electron chi connectivity index (χ0n) is 13.5. The fraction of sp³-hybridized carbons (Fsp3) is 0.438. The van der Waals surface area contributed by atoms with E-state index in [0.29, 0.717) is 10.7 Å². The highest BCUT2D eigenvalue weighted by Crippen LogP contribution is 2.31. The minimum atomic E-state index is -0.270. The van der Waals surface area contributed by atoms with Crippen LogP contribution in [0.25, 0.3) is 0 Å². The summed E-state index contributed by atoms with van der Waals surface area (Å²) < 4.78 is 0. The summed E-state index contributed by atoms with van der Waals surface area (Å²) in [5.74, 6) is 0.406. The van der Waals surface area contributed by atoms with Gasteiger partial charge >= 0.3 is 0 Å². The third-order valence-electron chi connectivity index (χ3n) is 3.37. The summed E-state index contributed by atoms with van der Waals surface area (Å²) in [5.41, 5.74) is 2.30. The van der Waals surface area contributed by atoms with Gasteiger partial charge in [0.2, 0.25) is 5.01 Å². The van der Waals surface area contributed by atoms with Crippen molar-refractivity contribution in [2.45, 2.75) is 46.5 Å². The van der Waals surface area contributed by atoms with Gasteiger partial charge in [-0.1, -0.05) is 39.0 Å². The van der Waals surface area contributed by atoms with Crippen molar-refractivity contribution < 1.29 is 9.90 Å². The van der Waals surface area contributed by atoms with Gasteiger partial charge in [0.1, 0.15) is 10.8 Å². The number of carbonyl (C=O) groups is 1. The van der Waals surface area contributed by atoms with E-state index in [9.17, 15) is 9.90 Å². The van der Waals surface area contributed by atoms with E-state index < -0.39 is 0 Å². The van der Waals surface area contributed by atoms with Crippen LogP contribution in [0.5, 0.6) is 5.75 Å². The molecule has 1 amide bonds. The second-order valence-electron chi connectivity index (χ2n) is 5.93. The van der Waals surface area contributed by atoms with Gasteiger partial charge in [-0.15, -0.1) is 10.2 Å². The number of aryl methyl sites for hydroxylation is 1. The molecule has 0 fully saturated rings. The zero-order chi connectivity index (χ0) is 16.4. The van der Waals surface area contributed by atoms with Crippen molar-refractivity contribution in [3.63, 3.8) is 0 Å². The Morgan fingerprint density at radius 2 is 1.86 bits per heavy atom. The van der Waals surface area contributed by atoms with Crippen LogP contribution in [0, 0.1) is 6.92 Å². The summed E-state index contributed by atoms with van der Waals surface area (Å²) >= 11 is 1.30. The lowest BCUT2D eigenvalue weighted by molar-refractivity contribution is 0.102. The van der Waals surface area contributed by atoms with E-state index in [1.165, 1.54) is 11.3 Å². The molecule has 0 atom stereocenters. The molecule has 2 rings (SSSR count). The van der Waals surface area contributed by atoms with Gasteiger partial charge in [0.15, 0.2) is 0 Å². The molecule has 0 aliphatic rings. The summed E-state index contributed by atoms with van der Waals surface area (Å²) in [4.78, 5) is 12.3. The number of amides is 1. The second kappa shape index (κ2) is 6.44. The molecular weight excluding hydrogens is 298 g/mol. The first-order valence-electron chi connectivity index (χ1n) is 7.27. The summed E-state index contributed by atoms with van der Waals surface area (Å²) in [6.07, 6.45) is 0. The number of anilines is 1. The Labute approximate surface area is 134 Å². The molecule has 22 heavy (non-hydrogen) atoms. The number of nitrogens with one attached hydrogen (secondary N) is 1. The number of aromatic hydroxyl groups is 1. The van der Waals surface area contributed by atoms with Crippen molar-refractivity contribution in [1.82, 2.24) is 10.2 Å². The molecule has 0 radical (unpaired) electrons. The normalized spacial score (nSPS) is 11.2. The first-order chi connectivity index (χ1) is 10.3. The van der Waals surface area contributed by atoms with Gasteiger partial charge < -0.3 is 10.4 Å². The largest absolute Gasteiger partial charge is 0.508 e. The van der Waals surface area contributed by atoms with Crippen LogP contribution in [0.15, 0.2) is 12.1 Å². The topological polar surface area (TPSA) is 75.1 Å². The van der Waals surface area contributed by atoms with Crippen molar-refractivity contribution in [3.8, 4) is 5.75 Å². The number of phenolic OH excluding ortho intramolecular Hbond substituents is 1. The zero-order valence-corrected chi connectivity index (χ0v) is 14.3. The average molecular weight is 319 g/mol. The molecule has 0 spiro atoms. The highest BCUT2D eigenvalue weighted by molar-refractivity contribution is 7.13. The lowest BCUT2D eigenvalue weighted by atomic mass is 9.99. The summed E-state index contributed by atoms with van der Waals surface area (Å²) in [6, 6.07) is 3.49. The first-order valence-corrected chi connectivity index (χ1v) is 8.09. The molecule has 0 aliphatic carbocycles. The molecule has 0 aliphatic heterocycles. The number of phenols is 1. The van der Waals surface area contributed by atoms with Crippen molar-refractivity contribution >= 4 is 22.9 Å². The second-order valence-corrected chi connectivity index (χ2v) is 6.94. The number of aromatic nitrogens is 2. The molecule has 118 valence electrons. The molecule has 0 saturated heterocycles. The van der Waals surface area contributed by atoms with Crippen LogP contribution >= 0.6 is 11.3 Å². The summed E-state index contributed by atoms with van der Waals surface area (Å²) in [5, 5.41) is 22.0. The van der Waals surface area contributed by atoms with E-state index in [1.54, 1.807) is 6.07 Å². The van der Waals surface area contributed by atoms with Crippen LogP contribution in [-0.4, -0.2) is 21.2 Å². The molecule has 0 bridgehead atoms. The monoisotopic (exact) mass is 319 g/mol. The van der Waals surface area contributed by atoms with Crippen LogP contribution in [0.2, 0.25) is 0 Å². The van der Waals surface area contributed by atoms with Crippen LogP contribution in [-0.2, 0) is 0 Å². The van der Waals surface area contributed by atoms with Gasteiger partial charge in [-0.25, -0.2) is 0 Å². The van der Waals surface area contributed by atoms with Crippen molar-refractivity contribution in [2.75, 3.05) is 5.32 Å². The van der Waals surface area contributed by atoms with Gasteiger partial charge in [-0.3, -0.25) is 4.79 Å². The van der Waals surface area contributed by atoms with Gasteiger partial charge in [-0.2, -0.15) is 0 Å². The Kier molecular flexibility index (Phi) is 4.81. The van der Waals surface area contributed by atoms with Crippen molar-refractivity contribution in [2.24, 2.45) is 0 Å². The maximum atomic E-state index is 12.3. The van der Waals surface area contributed by atoms with Crippen LogP contribution in [0.1, 0.15) is 65.5 Å². The standard InChI is InChI=1S/C16H21N3O2S/c1-8(2)11-7-12(10(5)6-13(11)20)17-14(21)16-19-18-15(22-16)9(3)4/h6-9,20H,1-5H3,(H,17,21). The Balaban J connectivity index is 2.25. The molecular formula is C16H21N3O2S.